The summed E-state index contributed by atoms with van der Waals surface area (Å²) in [5.74, 6) is 0.425. The van der Waals surface area contributed by atoms with Gasteiger partial charge in [0.05, 0.1) is 0 Å². The van der Waals surface area contributed by atoms with E-state index in [-0.39, 0.29) is 6.42 Å². The summed E-state index contributed by atoms with van der Waals surface area (Å²) < 4.78 is 0. The molecule has 0 spiro atoms. The molecule has 0 saturated carbocycles. The molecule has 1 unspecified atom stereocenters. The Morgan fingerprint density at radius 3 is 2.50 bits per heavy atom. The number of carbonyl (C=O) groups is 1. The third-order valence-corrected chi connectivity index (χ3v) is 2.27. The lowest BCUT2D eigenvalue weighted by molar-refractivity contribution is -0.137. The minimum Gasteiger partial charge on any atom is -0.481 e. The quantitative estimate of drug-likeness (QED) is 0.636. The molecule has 82 valence electrons. The topological polar surface area (TPSA) is 37.3 Å². The average Bonchev–Trinajstić information content (AvgIpc) is 2.10. The van der Waals surface area contributed by atoms with Crippen molar-refractivity contribution in [3.63, 3.8) is 0 Å². The zero-order chi connectivity index (χ0) is 11.0. The number of carboxylic acids is 1. The van der Waals surface area contributed by atoms with Crippen molar-refractivity contribution in [1.29, 1.82) is 0 Å². The van der Waals surface area contributed by atoms with E-state index in [4.69, 9.17) is 5.11 Å². The number of hydrogen-bond acceptors (Lipinski definition) is 1. The third kappa shape index (κ3) is 7.84. The van der Waals surface area contributed by atoms with Crippen molar-refractivity contribution in [3.05, 3.63) is 12.2 Å². The number of rotatable bonds is 7. The second-order valence-corrected chi connectivity index (χ2v) is 4.16. The molecular formula is C12H22O2. The minimum absolute atomic E-state index is 0.282. The molecule has 1 N–H and O–H groups in total. The van der Waals surface area contributed by atoms with Crippen LogP contribution in [0.5, 0.6) is 0 Å². The van der Waals surface area contributed by atoms with Crippen molar-refractivity contribution in [2.45, 2.75) is 46.5 Å². The highest BCUT2D eigenvalue weighted by atomic mass is 16.4. The lowest BCUT2D eigenvalue weighted by atomic mass is 9.98. The maximum atomic E-state index is 10.4. The van der Waals surface area contributed by atoms with E-state index in [9.17, 15) is 4.79 Å². The van der Waals surface area contributed by atoms with Crippen LogP contribution in [0.3, 0.4) is 0 Å². The van der Waals surface area contributed by atoms with E-state index in [0.717, 1.165) is 19.3 Å². The maximum Gasteiger partial charge on any atom is 0.303 e. The monoisotopic (exact) mass is 198 g/mol. The van der Waals surface area contributed by atoms with Crippen molar-refractivity contribution in [1.82, 2.24) is 0 Å². The van der Waals surface area contributed by atoms with Gasteiger partial charge in [0, 0.05) is 6.42 Å². The fourth-order valence-electron chi connectivity index (χ4n) is 1.29. The zero-order valence-electron chi connectivity index (χ0n) is 9.49. The SMILES string of the molecule is CCC(/C=C/CC(C)C)CCC(=O)O. The number of allylic oxidation sites excluding steroid dienone is 2. The Morgan fingerprint density at radius 1 is 1.43 bits per heavy atom. The Balaban J connectivity index is 3.77. The molecule has 14 heavy (non-hydrogen) atoms. The van der Waals surface area contributed by atoms with Crippen molar-refractivity contribution >= 4 is 5.97 Å². The van der Waals surface area contributed by atoms with Crippen LogP contribution in [0.25, 0.3) is 0 Å². The van der Waals surface area contributed by atoms with Gasteiger partial charge >= 0.3 is 5.97 Å². The van der Waals surface area contributed by atoms with Gasteiger partial charge in [-0.15, -0.1) is 0 Å². The van der Waals surface area contributed by atoms with Gasteiger partial charge < -0.3 is 5.11 Å². The summed E-state index contributed by atoms with van der Waals surface area (Å²) in [6, 6.07) is 0. The van der Waals surface area contributed by atoms with Crippen LogP contribution < -0.4 is 0 Å². The Labute approximate surface area is 87.0 Å². The standard InChI is InChI=1S/C12H22O2/c1-4-11(8-9-12(13)14)7-5-6-10(2)3/h5,7,10-11H,4,6,8-9H2,1-3H3,(H,13,14)/b7-5+. The number of carboxylic acid groups (broad SMARTS) is 1. The molecule has 0 bridgehead atoms. The fraction of sp³-hybridized carbons (Fsp3) is 0.750. The Bertz CT molecular complexity index is 183. The second kappa shape index (κ2) is 7.60. The predicted molar refractivity (Wildman–Crippen MR) is 59.2 cm³/mol. The van der Waals surface area contributed by atoms with Gasteiger partial charge in [-0.05, 0) is 31.1 Å². The number of aliphatic carboxylic acids is 1. The highest BCUT2D eigenvalue weighted by Gasteiger charge is 2.04. The molecule has 0 aromatic rings. The molecule has 0 aliphatic rings. The summed E-state index contributed by atoms with van der Waals surface area (Å²) in [5, 5.41) is 8.55. The summed E-state index contributed by atoms with van der Waals surface area (Å²) in [7, 11) is 0. The molecule has 0 saturated heterocycles. The van der Waals surface area contributed by atoms with Crippen LogP contribution in [0.1, 0.15) is 46.5 Å². The highest BCUT2D eigenvalue weighted by molar-refractivity contribution is 5.66. The van der Waals surface area contributed by atoms with Crippen molar-refractivity contribution in [2.75, 3.05) is 0 Å². The van der Waals surface area contributed by atoms with Gasteiger partial charge in [0.25, 0.3) is 0 Å². The van der Waals surface area contributed by atoms with Gasteiger partial charge in [0.2, 0.25) is 0 Å². The summed E-state index contributed by atoms with van der Waals surface area (Å²) >= 11 is 0. The Morgan fingerprint density at radius 2 is 2.07 bits per heavy atom. The Hall–Kier alpha value is -0.790. The van der Waals surface area contributed by atoms with Gasteiger partial charge in [-0.3, -0.25) is 4.79 Å². The van der Waals surface area contributed by atoms with E-state index < -0.39 is 5.97 Å². The molecule has 0 radical (unpaired) electrons. The molecule has 0 rings (SSSR count). The summed E-state index contributed by atoms with van der Waals surface area (Å²) in [4.78, 5) is 10.4. The number of hydrogen-bond donors (Lipinski definition) is 1. The van der Waals surface area contributed by atoms with Gasteiger partial charge in [-0.2, -0.15) is 0 Å². The molecule has 0 amide bonds. The van der Waals surface area contributed by atoms with Crippen LogP contribution in [-0.4, -0.2) is 11.1 Å². The second-order valence-electron chi connectivity index (χ2n) is 4.16. The zero-order valence-corrected chi connectivity index (χ0v) is 9.49. The average molecular weight is 198 g/mol. The molecule has 0 aliphatic carbocycles. The highest BCUT2D eigenvalue weighted by Crippen LogP contribution is 2.13. The van der Waals surface area contributed by atoms with Gasteiger partial charge in [0.15, 0.2) is 0 Å². The molecule has 0 aromatic heterocycles. The van der Waals surface area contributed by atoms with E-state index in [1.807, 2.05) is 0 Å². The lowest BCUT2D eigenvalue weighted by Gasteiger charge is -2.08. The third-order valence-electron chi connectivity index (χ3n) is 2.27. The first-order valence-corrected chi connectivity index (χ1v) is 5.44. The van der Waals surface area contributed by atoms with Crippen LogP contribution in [0, 0.1) is 11.8 Å². The van der Waals surface area contributed by atoms with E-state index in [0.29, 0.717) is 11.8 Å². The lowest BCUT2D eigenvalue weighted by Crippen LogP contribution is -2.01. The van der Waals surface area contributed by atoms with Crippen LogP contribution in [0.15, 0.2) is 12.2 Å². The fourth-order valence-corrected chi connectivity index (χ4v) is 1.29. The summed E-state index contributed by atoms with van der Waals surface area (Å²) in [6.45, 7) is 6.47. The molecule has 0 aromatic carbocycles. The molecular weight excluding hydrogens is 176 g/mol. The molecule has 1 atom stereocenters. The predicted octanol–water partition coefficient (Wildman–Crippen LogP) is 3.48. The van der Waals surface area contributed by atoms with Crippen LogP contribution in [0.2, 0.25) is 0 Å². The van der Waals surface area contributed by atoms with Gasteiger partial charge in [0.1, 0.15) is 0 Å². The summed E-state index contributed by atoms with van der Waals surface area (Å²) in [5.41, 5.74) is 0. The van der Waals surface area contributed by atoms with Crippen molar-refractivity contribution in [2.24, 2.45) is 11.8 Å². The van der Waals surface area contributed by atoms with Crippen molar-refractivity contribution in [3.8, 4) is 0 Å². The first kappa shape index (κ1) is 13.2. The summed E-state index contributed by atoms with van der Waals surface area (Å²) in [6.07, 6.45) is 7.51. The molecule has 2 heteroatoms. The van der Waals surface area contributed by atoms with Crippen LogP contribution in [0.4, 0.5) is 0 Å². The Kier molecular flexibility index (Phi) is 7.17. The minimum atomic E-state index is -0.694. The largest absolute Gasteiger partial charge is 0.481 e. The molecule has 0 heterocycles. The molecule has 0 fully saturated rings. The first-order valence-electron chi connectivity index (χ1n) is 5.44. The smallest absolute Gasteiger partial charge is 0.303 e. The van der Waals surface area contributed by atoms with Gasteiger partial charge in [-0.25, -0.2) is 0 Å². The van der Waals surface area contributed by atoms with Crippen LogP contribution in [-0.2, 0) is 4.79 Å². The van der Waals surface area contributed by atoms with E-state index in [1.54, 1.807) is 0 Å². The maximum absolute atomic E-state index is 10.4. The van der Waals surface area contributed by atoms with E-state index in [1.165, 1.54) is 0 Å². The molecule has 2 nitrogen and oxygen atoms in total. The van der Waals surface area contributed by atoms with E-state index >= 15 is 0 Å². The van der Waals surface area contributed by atoms with Gasteiger partial charge in [-0.1, -0.05) is 32.9 Å². The molecule has 0 aliphatic heterocycles. The first-order chi connectivity index (χ1) is 6.56. The van der Waals surface area contributed by atoms with E-state index in [2.05, 4.69) is 32.9 Å². The van der Waals surface area contributed by atoms with Crippen LogP contribution >= 0.6 is 0 Å². The van der Waals surface area contributed by atoms with Crippen molar-refractivity contribution < 1.29 is 9.90 Å². The normalized spacial score (nSPS) is 13.7.